The topological polar surface area (TPSA) is 3.88 Å². The van der Waals surface area contributed by atoms with Gasteiger partial charge in [0.2, 0.25) is 11.2 Å². The van der Waals surface area contributed by atoms with Gasteiger partial charge >= 0.3 is 0 Å². The fourth-order valence-electron chi connectivity index (χ4n) is 5.03. The second-order valence-electron chi connectivity index (χ2n) is 10.2. The molecule has 2 aromatic carbocycles. The standard InChI is InChI=1S/C34H48N/c1-2-3-4-5-6-7-8-9-10-11-12-13-14-15-16-20-26-33-29-28-32-25-21-22-27-34(32)35(33)30-31-23-18-17-19-24-31/h17-29H,2-16,30H2,1H3/q+1. The van der Waals surface area contributed by atoms with Crippen LogP contribution in [0.3, 0.4) is 0 Å². The molecule has 0 aliphatic rings. The van der Waals surface area contributed by atoms with Crippen molar-refractivity contribution in [2.24, 2.45) is 0 Å². The lowest BCUT2D eigenvalue weighted by Gasteiger charge is -2.06. The highest BCUT2D eigenvalue weighted by Gasteiger charge is 2.14. The molecule has 3 rings (SSSR count). The van der Waals surface area contributed by atoms with E-state index in [1.54, 1.807) is 0 Å². The summed E-state index contributed by atoms with van der Waals surface area (Å²) in [5.41, 5.74) is 3.93. The second kappa shape index (κ2) is 17.1. The third kappa shape index (κ3) is 10.4. The number of pyridine rings is 1. The van der Waals surface area contributed by atoms with E-state index >= 15 is 0 Å². The van der Waals surface area contributed by atoms with Gasteiger partial charge < -0.3 is 0 Å². The maximum absolute atomic E-state index is 2.45. The van der Waals surface area contributed by atoms with Crippen molar-refractivity contribution in [3.8, 4) is 0 Å². The van der Waals surface area contributed by atoms with Crippen LogP contribution in [0.15, 0.2) is 72.8 Å². The fraction of sp³-hybridized carbons (Fsp3) is 0.500. The molecule has 0 saturated carbocycles. The molecule has 0 unspecified atom stereocenters. The van der Waals surface area contributed by atoms with E-state index in [4.69, 9.17) is 0 Å². The minimum Gasteiger partial charge on any atom is -0.187 e. The summed E-state index contributed by atoms with van der Waals surface area (Å²) >= 11 is 0. The van der Waals surface area contributed by atoms with Crippen LogP contribution in [0.4, 0.5) is 0 Å². The zero-order chi connectivity index (χ0) is 24.4. The Kier molecular flexibility index (Phi) is 13.3. The van der Waals surface area contributed by atoms with Crippen molar-refractivity contribution in [2.45, 2.75) is 110 Å². The van der Waals surface area contributed by atoms with Crippen molar-refractivity contribution in [1.29, 1.82) is 0 Å². The molecule has 0 spiro atoms. The average molecular weight is 471 g/mol. The Hall–Kier alpha value is -2.41. The SMILES string of the molecule is CCCCCCCCCCCCCCCCC=Cc1ccc2ccccc2[n+]1Cc1ccccc1. The number of aromatic nitrogens is 1. The molecule has 0 fully saturated rings. The predicted molar refractivity (Wildman–Crippen MR) is 154 cm³/mol. The number of benzene rings is 2. The first kappa shape index (κ1) is 27.2. The molecule has 0 aliphatic heterocycles. The third-order valence-corrected chi connectivity index (χ3v) is 7.17. The lowest BCUT2D eigenvalue weighted by molar-refractivity contribution is -0.664. The maximum atomic E-state index is 2.45. The normalized spacial score (nSPS) is 11.6. The molecule has 35 heavy (non-hydrogen) atoms. The van der Waals surface area contributed by atoms with Gasteiger partial charge in [0.25, 0.3) is 0 Å². The zero-order valence-corrected chi connectivity index (χ0v) is 22.3. The lowest BCUT2D eigenvalue weighted by Crippen LogP contribution is -2.38. The van der Waals surface area contributed by atoms with Gasteiger partial charge in [0.05, 0.1) is 0 Å². The van der Waals surface area contributed by atoms with Gasteiger partial charge in [-0.3, -0.25) is 0 Å². The molecular weight excluding hydrogens is 422 g/mol. The van der Waals surface area contributed by atoms with E-state index in [1.807, 2.05) is 0 Å². The molecule has 0 N–H and O–H groups in total. The maximum Gasteiger partial charge on any atom is 0.213 e. The van der Waals surface area contributed by atoms with Gasteiger partial charge in [-0.1, -0.05) is 139 Å². The van der Waals surface area contributed by atoms with E-state index < -0.39 is 0 Å². The van der Waals surface area contributed by atoms with Gasteiger partial charge in [0.15, 0.2) is 6.54 Å². The Morgan fingerprint density at radius 1 is 0.571 bits per heavy atom. The summed E-state index contributed by atoms with van der Waals surface area (Å²) in [7, 11) is 0. The molecule has 188 valence electrons. The Morgan fingerprint density at radius 3 is 1.80 bits per heavy atom. The van der Waals surface area contributed by atoms with Gasteiger partial charge in [0, 0.05) is 29.2 Å². The van der Waals surface area contributed by atoms with Crippen molar-refractivity contribution in [1.82, 2.24) is 0 Å². The Balaban J connectivity index is 1.33. The minimum absolute atomic E-state index is 0.903. The van der Waals surface area contributed by atoms with Crippen LogP contribution in [0.1, 0.15) is 114 Å². The Bertz CT molecular complexity index is 972. The van der Waals surface area contributed by atoms with Crippen molar-refractivity contribution in [2.75, 3.05) is 0 Å². The number of fused-ring (bicyclic) bond motifs is 1. The van der Waals surface area contributed by atoms with Crippen LogP contribution in [0.2, 0.25) is 0 Å². The van der Waals surface area contributed by atoms with Crippen LogP contribution >= 0.6 is 0 Å². The molecule has 0 saturated heterocycles. The highest BCUT2D eigenvalue weighted by atomic mass is 15.0. The Morgan fingerprint density at radius 2 is 1.14 bits per heavy atom. The van der Waals surface area contributed by atoms with Crippen molar-refractivity contribution in [3.05, 3.63) is 84.1 Å². The summed E-state index contributed by atoms with van der Waals surface area (Å²) in [6, 6.07) is 24.0. The highest BCUT2D eigenvalue weighted by molar-refractivity contribution is 5.76. The monoisotopic (exact) mass is 470 g/mol. The van der Waals surface area contributed by atoms with E-state index in [-0.39, 0.29) is 0 Å². The first-order chi connectivity index (χ1) is 17.4. The van der Waals surface area contributed by atoms with E-state index in [0.29, 0.717) is 0 Å². The summed E-state index contributed by atoms with van der Waals surface area (Å²) in [6.45, 7) is 3.20. The minimum atomic E-state index is 0.903. The van der Waals surface area contributed by atoms with Gasteiger partial charge in [-0.15, -0.1) is 0 Å². The van der Waals surface area contributed by atoms with Crippen LogP contribution in [0, 0.1) is 0 Å². The van der Waals surface area contributed by atoms with Crippen molar-refractivity contribution >= 4 is 17.0 Å². The summed E-state index contributed by atoms with van der Waals surface area (Å²) in [4.78, 5) is 0. The summed E-state index contributed by atoms with van der Waals surface area (Å²) in [5.74, 6) is 0. The molecule has 0 atom stereocenters. The second-order valence-corrected chi connectivity index (χ2v) is 10.2. The Labute approximate surface area is 215 Å². The number of allylic oxidation sites excluding steroid dienone is 1. The molecule has 0 aliphatic carbocycles. The van der Waals surface area contributed by atoms with E-state index in [9.17, 15) is 0 Å². The number of nitrogens with zero attached hydrogens (tertiary/aromatic N) is 1. The lowest BCUT2D eigenvalue weighted by atomic mass is 10.0. The summed E-state index contributed by atoms with van der Waals surface area (Å²) < 4.78 is 2.45. The van der Waals surface area contributed by atoms with Gasteiger partial charge in [-0.2, -0.15) is 4.57 Å². The third-order valence-electron chi connectivity index (χ3n) is 7.17. The number of hydrogen-bond donors (Lipinski definition) is 0. The van der Waals surface area contributed by atoms with E-state index in [0.717, 1.165) is 6.54 Å². The van der Waals surface area contributed by atoms with Crippen molar-refractivity contribution in [3.63, 3.8) is 0 Å². The predicted octanol–water partition coefficient (Wildman–Crippen LogP) is 10.1. The van der Waals surface area contributed by atoms with Crippen LogP contribution < -0.4 is 4.57 Å². The molecule has 0 amide bonds. The highest BCUT2D eigenvalue weighted by Crippen LogP contribution is 2.15. The van der Waals surface area contributed by atoms with Gasteiger partial charge in [-0.25, -0.2) is 0 Å². The van der Waals surface area contributed by atoms with Gasteiger partial charge in [-0.05, 0) is 25.0 Å². The van der Waals surface area contributed by atoms with Crippen LogP contribution in [0.25, 0.3) is 17.0 Å². The van der Waals surface area contributed by atoms with Crippen molar-refractivity contribution < 1.29 is 4.57 Å². The summed E-state index contributed by atoms with van der Waals surface area (Å²) in [5, 5.41) is 1.30. The molecule has 3 aromatic rings. The van der Waals surface area contributed by atoms with Gasteiger partial charge in [0.1, 0.15) is 0 Å². The van der Waals surface area contributed by atoms with Crippen LogP contribution in [-0.2, 0) is 6.54 Å². The molecule has 1 aromatic heterocycles. The molecule has 1 heteroatoms. The number of hydrogen-bond acceptors (Lipinski definition) is 0. The van der Waals surface area contributed by atoms with E-state index in [1.165, 1.54) is 118 Å². The quantitative estimate of drug-likeness (QED) is 0.129. The molecule has 0 bridgehead atoms. The van der Waals surface area contributed by atoms with E-state index in [2.05, 4.69) is 90.4 Å². The summed E-state index contributed by atoms with van der Waals surface area (Å²) in [6.07, 6.45) is 25.8. The number of unbranched alkanes of at least 4 members (excludes halogenated alkanes) is 14. The molecular formula is C34H48N+. The number of para-hydroxylation sites is 1. The first-order valence-electron chi connectivity index (χ1n) is 14.5. The molecule has 0 radical (unpaired) electrons. The van der Waals surface area contributed by atoms with Crippen LogP contribution in [-0.4, -0.2) is 0 Å². The van der Waals surface area contributed by atoms with Crippen LogP contribution in [0.5, 0.6) is 0 Å². The smallest absolute Gasteiger partial charge is 0.187 e. The molecule has 1 nitrogen and oxygen atoms in total. The first-order valence-corrected chi connectivity index (χ1v) is 14.5. The fourth-order valence-corrected chi connectivity index (χ4v) is 5.03. The average Bonchev–Trinajstić information content (AvgIpc) is 2.90. The molecule has 1 heterocycles. The largest absolute Gasteiger partial charge is 0.213 e. The number of rotatable bonds is 18. The zero-order valence-electron chi connectivity index (χ0n) is 22.3.